The zero-order valence-electron chi connectivity index (χ0n) is 5.06. The number of halogens is 2. The van der Waals surface area contributed by atoms with Crippen LogP contribution < -0.4 is 0 Å². The molecule has 0 spiro atoms. The smallest absolute Gasteiger partial charge is 0.305 e. The molecule has 0 fully saturated rings. The third kappa shape index (κ3) is 6.31. The first-order valence-corrected chi connectivity index (χ1v) is 4.43. The van der Waals surface area contributed by atoms with Crippen LogP contribution in [0.5, 0.6) is 0 Å². The fourth-order valence-corrected chi connectivity index (χ4v) is 0.522. The molecule has 0 aromatic carbocycles. The fraction of sp³-hybridized carbons (Fsp3) is 0.800. The van der Waals surface area contributed by atoms with Gasteiger partial charge in [0.25, 0.3) is 0 Å². The van der Waals surface area contributed by atoms with Crippen molar-refractivity contribution in [3.63, 3.8) is 0 Å². The molecule has 0 aliphatic rings. The van der Waals surface area contributed by atoms with Gasteiger partial charge in [0, 0.05) is 6.42 Å². The molecule has 0 aromatic heterocycles. The summed E-state index contributed by atoms with van der Waals surface area (Å²) in [5.41, 5.74) is 0. The van der Waals surface area contributed by atoms with Crippen molar-refractivity contribution in [3.8, 4) is 0 Å². The van der Waals surface area contributed by atoms with Crippen LogP contribution in [-0.2, 0) is 9.53 Å². The molecule has 0 unspecified atom stereocenters. The third-order valence-electron chi connectivity index (χ3n) is 0.659. The number of esters is 1. The van der Waals surface area contributed by atoms with Gasteiger partial charge in [-0.05, 0) is 0 Å². The first-order valence-electron chi connectivity index (χ1n) is 2.60. The van der Waals surface area contributed by atoms with Gasteiger partial charge in [-0.2, -0.15) is 0 Å². The molecule has 0 rings (SSSR count). The van der Waals surface area contributed by atoms with Crippen molar-refractivity contribution >= 4 is 37.8 Å². The molecular weight excluding hydrogens is 252 g/mol. The summed E-state index contributed by atoms with van der Waals surface area (Å²) in [6.45, 7) is 2.15. The molecule has 0 bridgehead atoms. The number of carbonyl (C=O) groups excluding carboxylic acids is 1. The molecule has 4 heteroatoms. The summed E-state index contributed by atoms with van der Waals surface area (Å²) in [6.07, 6.45) is 0.437. The lowest BCUT2D eigenvalue weighted by Gasteiger charge is -2.01. The van der Waals surface area contributed by atoms with E-state index in [0.29, 0.717) is 13.0 Å². The molecule has 0 aliphatic heterocycles. The quantitative estimate of drug-likeness (QED) is 0.573. The Morgan fingerprint density at radius 1 is 1.67 bits per heavy atom. The highest BCUT2D eigenvalue weighted by Gasteiger charge is 2.01. The van der Waals surface area contributed by atoms with Gasteiger partial charge in [-0.3, -0.25) is 4.79 Å². The van der Waals surface area contributed by atoms with Gasteiger partial charge < -0.3 is 4.74 Å². The molecule has 0 saturated heterocycles. The first-order chi connectivity index (χ1) is 4.16. The van der Waals surface area contributed by atoms with Crippen LogP contribution in [0.2, 0.25) is 0 Å². The van der Waals surface area contributed by atoms with Crippen LogP contribution in [-0.4, -0.2) is 16.3 Å². The van der Waals surface area contributed by atoms with E-state index in [2.05, 4.69) is 31.9 Å². The predicted octanol–water partition coefficient (Wildman–Crippen LogP) is 2.06. The Balaban J connectivity index is 3.17. The second kappa shape index (κ2) is 5.23. The van der Waals surface area contributed by atoms with Crippen molar-refractivity contribution in [2.45, 2.75) is 17.1 Å². The highest BCUT2D eigenvalue weighted by molar-refractivity contribution is 9.24. The molecule has 0 radical (unpaired) electrons. The maximum absolute atomic E-state index is 10.5. The molecule has 0 aromatic rings. The van der Waals surface area contributed by atoms with E-state index in [9.17, 15) is 4.79 Å². The Bertz CT molecular complexity index is 93.0. The van der Waals surface area contributed by atoms with E-state index in [1.807, 2.05) is 0 Å². The van der Waals surface area contributed by atoms with Crippen molar-refractivity contribution < 1.29 is 9.53 Å². The molecule has 9 heavy (non-hydrogen) atoms. The molecule has 0 amide bonds. The first kappa shape index (κ1) is 9.43. The van der Waals surface area contributed by atoms with Crippen molar-refractivity contribution in [2.24, 2.45) is 0 Å². The Labute approximate surface area is 71.2 Å². The highest BCUT2D eigenvalue weighted by Crippen LogP contribution is 2.07. The van der Waals surface area contributed by atoms with Gasteiger partial charge in [0.1, 0.15) is 10.3 Å². The number of rotatable bonds is 3. The maximum Gasteiger partial charge on any atom is 0.305 e. The van der Waals surface area contributed by atoms with Gasteiger partial charge in [-0.15, -0.1) is 0 Å². The number of ether oxygens (including phenoxy) is 1. The Kier molecular flexibility index (Phi) is 5.48. The minimum absolute atomic E-state index is 0.0699. The monoisotopic (exact) mass is 258 g/mol. The fourth-order valence-electron chi connectivity index (χ4n) is 0.258. The second-order valence-corrected chi connectivity index (χ2v) is 4.87. The van der Waals surface area contributed by atoms with Gasteiger partial charge in [0.2, 0.25) is 0 Å². The summed E-state index contributed by atoms with van der Waals surface area (Å²) >= 11 is 6.34. The topological polar surface area (TPSA) is 26.3 Å². The summed E-state index contributed by atoms with van der Waals surface area (Å²) < 4.78 is 4.79. The summed E-state index contributed by atoms with van der Waals surface area (Å²) in [5.74, 6) is -0.168. The normalized spacial score (nSPS) is 9.78. The minimum atomic E-state index is -0.168. The molecule has 2 nitrogen and oxygen atoms in total. The van der Waals surface area contributed by atoms with E-state index < -0.39 is 0 Å². The zero-order chi connectivity index (χ0) is 7.28. The van der Waals surface area contributed by atoms with E-state index in [1.54, 1.807) is 6.92 Å². The Morgan fingerprint density at radius 3 is 2.56 bits per heavy atom. The van der Waals surface area contributed by atoms with Crippen molar-refractivity contribution in [3.05, 3.63) is 0 Å². The summed E-state index contributed by atoms with van der Waals surface area (Å²) in [7, 11) is 0. The average Bonchev–Trinajstić information content (AvgIpc) is 1.83. The van der Waals surface area contributed by atoms with Crippen LogP contribution in [0.25, 0.3) is 0 Å². The lowest BCUT2D eigenvalue weighted by molar-refractivity contribution is -0.142. The van der Waals surface area contributed by atoms with Crippen LogP contribution in [0, 0.1) is 0 Å². The molecular formula is C5H8Br2O2. The standard InChI is InChI=1S/C5H8Br2O2/c1-2-5(8)9-3-4(6)7/h4H,2-3H2,1H3. The van der Waals surface area contributed by atoms with Gasteiger partial charge in [-0.1, -0.05) is 38.8 Å². The van der Waals surface area contributed by atoms with Crippen LogP contribution in [0.3, 0.4) is 0 Å². The van der Waals surface area contributed by atoms with Crippen LogP contribution in [0.1, 0.15) is 13.3 Å². The average molecular weight is 260 g/mol. The van der Waals surface area contributed by atoms with Gasteiger partial charge in [0.05, 0.1) is 0 Å². The number of alkyl halides is 2. The van der Waals surface area contributed by atoms with Gasteiger partial charge in [-0.25, -0.2) is 0 Å². The van der Waals surface area contributed by atoms with E-state index in [0.717, 1.165) is 0 Å². The summed E-state index contributed by atoms with van der Waals surface area (Å²) in [6, 6.07) is 0. The minimum Gasteiger partial charge on any atom is -0.464 e. The molecule has 0 aliphatic carbocycles. The molecule has 54 valence electrons. The van der Waals surface area contributed by atoms with Crippen LogP contribution in [0.15, 0.2) is 0 Å². The SMILES string of the molecule is CCC(=O)OCC(Br)Br. The van der Waals surface area contributed by atoms with E-state index in [4.69, 9.17) is 4.74 Å². The second-order valence-electron chi connectivity index (χ2n) is 1.43. The summed E-state index contributed by atoms with van der Waals surface area (Å²) in [5, 5.41) is 0. The number of carbonyl (C=O) groups is 1. The lowest BCUT2D eigenvalue weighted by Crippen LogP contribution is -2.07. The maximum atomic E-state index is 10.5. The zero-order valence-corrected chi connectivity index (χ0v) is 8.24. The van der Waals surface area contributed by atoms with Crippen LogP contribution in [0.4, 0.5) is 0 Å². The molecule has 0 atom stereocenters. The van der Waals surface area contributed by atoms with E-state index >= 15 is 0 Å². The molecule has 0 heterocycles. The van der Waals surface area contributed by atoms with Crippen molar-refractivity contribution in [1.29, 1.82) is 0 Å². The Hall–Kier alpha value is 0.430. The number of hydrogen-bond donors (Lipinski definition) is 0. The Morgan fingerprint density at radius 2 is 2.22 bits per heavy atom. The van der Waals surface area contributed by atoms with Gasteiger partial charge >= 0.3 is 5.97 Å². The highest BCUT2D eigenvalue weighted by atomic mass is 79.9. The third-order valence-corrected chi connectivity index (χ3v) is 1.19. The van der Waals surface area contributed by atoms with E-state index in [1.165, 1.54) is 0 Å². The van der Waals surface area contributed by atoms with Crippen molar-refractivity contribution in [2.75, 3.05) is 6.61 Å². The molecule has 0 saturated carbocycles. The number of hydrogen-bond acceptors (Lipinski definition) is 2. The summed E-state index contributed by atoms with van der Waals surface area (Å²) in [4.78, 5) is 10.5. The van der Waals surface area contributed by atoms with E-state index in [-0.39, 0.29) is 9.71 Å². The van der Waals surface area contributed by atoms with Crippen LogP contribution >= 0.6 is 31.9 Å². The largest absolute Gasteiger partial charge is 0.464 e. The van der Waals surface area contributed by atoms with Crippen molar-refractivity contribution in [1.82, 2.24) is 0 Å². The predicted molar refractivity (Wildman–Crippen MR) is 42.9 cm³/mol. The lowest BCUT2D eigenvalue weighted by atomic mass is 10.5. The van der Waals surface area contributed by atoms with Gasteiger partial charge in [0.15, 0.2) is 0 Å². The molecule has 0 N–H and O–H groups in total.